The summed E-state index contributed by atoms with van der Waals surface area (Å²) in [6, 6.07) is 0. The molecule has 3 heteroatoms. The van der Waals surface area contributed by atoms with E-state index in [-0.39, 0.29) is 17.4 Å². The first-order valence-electron chi connectivity index (χ1n) is 9.42. The topological polar surface area (TPSA) is 57.5 Å². The summed E-state index contributed by atoms with van der Waals surface area (Å²) in [6.07, 6.45) is 11.3. The van der Waals surface area contributed by atoms with Gasteiger partial charge in [0.25, 0.3) is 0 Å². The third-order valence-corrected chi connectivity index (χ3v) is 8.46. The van der Waals surface area contributed by atoms with E-state index in [1.165, 1.54) is 31.3 Å². The van der Waals surface area contributed by atoms with Crippen LogP contribution in [0.15, 0.2) is 11.6 Å². The number of carboxylic acid groups (broad SMARTS) is 1. The maximum atomic E-state index is 12.0. The number of aliphatic hydroxyl groups is 1. The fourth-order valence-corrected chi connectivity index (χ4v) is 7.48. The van der Waals surface area contributed by atoms with Crippen molar-refractivity contribution in [1.29, 1.82) is 0 Å². The fraction of sp³-hybridized carbons (Fsp3) is 0.850. The Morgan fingerprint density at radius 1 is 1.17 bits per heavy atom. The van der Waals surface area contributed by atoms with E-state index >= 15 is 0 Å². The van der Waals surface area contributed by atoms with Crippen LogP contribution in [0.4, 0.5) is 0 Å². The first-order valence-corrected chi connectivity index (χ1v) is 9.42. The van der Waals surface area contributed by atoms with Gasteiger partial charge in [-0.25, -0.2) is 0 Å². The highest BCUT2D eigenvalue weighted by Crippen LogP contribution is 2.70. The zero-order valence-electron chi connectivity index (χ0n) is 14.5. The highest BCUT2D eigenvalue weighted by atomic mass is 16.4. The molecule has 1 spiro atoms. The minimum Gasteiger partial charge on any atom is -0.481 e. The van der Waals surface area contributed by atoms with Crippen LogP contribution in [0, 0.1) is 34.0 Å². The van der Waals surface area contributed by atoms with Crippen molar-refractivity contribution in [3.8, 4) is 0 Å². The average Bonchev–Trinajstić information content (AvgIpc) is 2.77. The molecular formula is C20H30O3. The van der Waals surface area contributed by atoms with Crippen LogP contribution >= 0.6 is 0 Å². The van der Waals surface area contributed by atoms with E-state index in [4.69, 9.17) is 0 Å². The average molecular weight is 318 g/mol. The highest BCUT2D eigenvalue weighted by molar-refractivity contribution is 5.75. The summed E-state index contributed by atoms with van der Waals surface area (Å²) < 4.78 is 0. The summed E-state index contributed by atoms with van der Waals surface area (Å²) in [7, 11) is 0. The van der Waals surface area contributed by atoms with Gasteiger partial charge in [-0.15, -0.1) is 0 Å². The van der Waals surface area contributed by atoms with Gasteiger partial charge in [0, 0.05) is 0 Å². The lowest BCUT2D eigenvalue weighted by molar-refractivity contribution is -0.177. The standard InChI is InChI=1S/C20H30O3/c1-18-7-3-8-19(2,17(22)23)15(18)6-9-20-10-13(4-5-16(18)20)14(11-20)12-21/h11,13,15-16,21H,3-10,12H2,1-2H3,(H,22,23)/t13-,15-,16-,18+,19?,20-/m1/s1. The molecule has 0 heterocycles. The maximum absolute atomic E-state index is 12.0. The molecule has 0 aromatic rings. The van der Waals surface area contributed by atoms with Gasteiger partial charge in [-0.1, -0.05) is 19.4 Å². The quantitative estimate of drug-likeness (QED) is 0.756. The molecule has 0 aliphatic heterocycles. The number of carbonyl (C=O) groups is 1. The lowest BCUT2D eigenvalue weighted by Crippen LogP contribution is -2.58. The van der Waals surface area contributed by atoms with Gasteiger partial charge in [0.1, 0.15) is 0 Å². The van der Waals surface area contributed by atoms with Crippen molar-refractivity contribution in [2.75, 3.05) is 6.61 Å². The Morgan fingerprint density at radius 3 is 2.65 bits per heavy atom. The molecule has 128 valence electrons. The van der Waals surface area contributed by atoms with Crippen molar-refractivity contribution in [3.05, 3.63) is 11.6 Å². The van der Waals surface area contributed by atoms with E-state index < -0.39 is 11.4 Å². The van der Waals surface area contributed by atoms with E-state index in [1.807, 2.05) is 6.92 Å². The number of carboxylic acids is 1. The molecule has 2 bridgehead atoms. The molecule has 0 amide bonds. The Morgan fingerprint density at radius 2 is 1.96 bits per heavy atom. The number of hydrogen-bond donors (Lipinski definition) is 2. The summed E-state index contributed by atoms with van der Waals surface area (Å²) in [5.74, 6) is 0.912. The molecule has 4 aliphatic carbocycles. The molecule has 3 saturated carbocycles. The summed E-state index contributed by atoms with van der Waals surface area (Å²) in [4.78, 5) is 12.0. The van der Waals surface area contributed by atoms with Gasteiger partial charge in [-0.3, -0.25) is 4.79 Å². The molecule has 0 saturated heterocycles. The minimum absolute atomic E-state index is 0.149. The number of hydrogen-bond acceptors (Lipinski definition) is 2. The minimum atomic E-state index is -0.587. The zero-order valence-corrected chi connectivity index (χ0v) is 14.5. The van der Waals surface area contributed by atoms with E-state index in [0.717, 1.165) is 25.7 Å². The smallest absolute Gasteiger partial charge is 0.309 e. The summed E-state index contributed by atoms with van der Waals surface area (Å²) in [5, 5.41) is 19.6. The Balaban J connectivity index is 1.75. The van der Waals surface area contributed by atoms with Crippen molar-refractivity contribution in [1.82, 2.24) is 0 Å². The predicted octanol–water partition coefficient (Wildman–Crippen LogP) is 4.01. The third kappa shape index (κ3) is 1.89. The molecule has 6 atom stereocenters. The largest absolute Gasteiger partial charge is 0.481 e. The molecule has 1 unspecified atom stereocenters. The fourth-order valence-electron chi connectivity index (χ4n) is 7.48. The number of allylic oxidation sites excluding steroid dienone is 1. The predicted molar refractivity (Wildman–Crippen MR) is 88.9 cm³/mol. The van der Waals surface area contributed by atoms with Crippen molar-refractivity contribution in [2.45, 2.75) is 65.2 Å². The van der Waals surface area contributed by atoms with Crippen molar-refractivity contribution in [2.24, 2.45) is 34.0 Å². The second-order valence-electron chi connectivity index (χ2n) is 9.31. The van der Waals surface area contributed by atoms with Crippen LogP contribution in [-0.4, -0.2) is 22.8 Å². The van der Waals surface area contributed by atoms with Gasteiger partial charge >= 0.3 is 5.97 Å². The van der Waals surface area contributed by atoms with Crippen LogP contribution in [0.5, 0.6) is 0 Å². The monoisotopic (exact) mass is 318 g/mol. The van der Waals surface area contributed by atoms with Crippen LogP contribution in [0.25, 0.3) is 0 Å². The molecule has 0 radical (unpaired) electrons. The highest BCUT2D eigenvalue weighted by Gasteiger charge is 2.64. The molecule has 0 aromatic carbocycles. The van der Waals surface area contributed by atoms with Crippen LogP contribution in [0.2, 0.25) is 0 Å². The third-order valence-electron chi connectivity index (χ3n) is 8.46. The number of aliphatic carboxylic acids is 1. The Kier molecular flexibility index (Phi) is 3.30. The summed E-state index contributed by atoms with van der Waals surface area (Å²) in [6.45, 7) is 4.62. The first kappa shape index (κ1) is 15.7. The van der Waals surface area contributed by atoms with Crippen molar-refractivity contribution in [3.63, 3.8) is 0 Å². The van der Waals surface area contributed by atoms with Gasteiger partial charge in [0.15, 0.2) is 0 Å². The molecule has 23 heavy (non-hydrogen) atoms. The van der Waals surface area contributed by atoms with E-state index in [2.05, 4.69) is 13.0 Å². The molecular weight excluding hydrogens is 288 g/mol. The van der Waals surface area contributed by atoms with E-state index in [9.17, 15) is 15.0 Å². The maximum Gasteiger partial charge on any atom is 0.309 e. The van der Waals surface area contributed by atoms with Gasteiger partial charge in [-0.2, -0.15) is 0 Å². The second-order valence-corrected chi connectivity index (χ2v) is 9.31. The lowest BCUT2D eigenvalue weighted by atomic mass is 9.41. The van der Waals surface area contributed by atoms with Crippen LogP contribution in [0.3, 0.4) is 0 Å². The zero-order chi connectivity index (χ0) is 16.5. The van der Waals surface area contributed by atoms with Crippen molar-refractivity contribution < 1.29 is 15.0 Å². The Labute approximate surface area is 139 Å². The Bertz CT molecular complexity index is 567. The summed E-state index contributed by atoms with van der Waals surface area (Å²) in [5.41, 5.74) is 1.12. The molecule has 3 nitrogen and oxygen atoms in total. The van der Waals surface area contributed by atoms with Gasteiger partial charge in [-0.05, 0) is 86.0 Å². The van der Waals surface area contributed by atoms with Crippen LogP contribution < -0.4 is 0 Å². The normalized spacial score (nSPS) is 51.6. The first-order chi connectivity index (χ1) is 10.9. The molecule has 4 aliphatic rings. The van der Waals surface area contributed by atoms with Crippen molar-refractivity contribution >= 4 is 5.97 Å². The van der Waals surface area contributed by atoms with Gasteiger partial charge < -0.3 is 10.2 Å². The second kappa shape index (κ2) is 4.84. The molecule has 0 aromatic heterocycles. The lowest BCUT2D eigenvalue weighted by Gasteiger charge is -2.63. The number of fused-ring (bicyclic) bond motifs is 3. The van der Waals surface area contributed by atoms with E-state index in [0.29, 0.717) is 17.8 Å². The SMILES string of the molecule is CC1(C(=O)O)CCC[C@@]2(C)[C@H]1CC[C@@]13C=C(CO)[C@H](CC[C@@H]12)C3. The molecule has 2 N–H and O–H groups in total. The number of rotatable bonds is 2. The van der Waals surface area contributed by atoms with Crippen LogP contribution in [0.1, 0.15) is 65.2 Å². The number of aliphatic hydroxyl groups excluding tert-OH is 1. The van der Waals surface area contributed by atoms with Crippen LogP contribution in [-0.2, 0) is 4.79 Å². The van der Waals surface area contributed by atoms with Gasteiger partial charge in [0.05, 0.1) is 12.0 Å². The molecule has 3 fully saturated rings. The van der Waals surface area contributed by atoms with E-state index in [1.54, 1.807) is 0 Å². The Hall–Kier alpha value is -0.830. The molecule has 4 rings (SSSR count). The summed E-state index contributed by atoms with van der Waals surface area (Å²) >= 11 is 0. The van der Waals surface area contributed by atoms with Gasteiger partial charge in [0.2, 0.25) is 0 Å².